The van der Waals surface area contributed by atoms with Gasteiger partial charge in [0.25, 0.3) is 0 Å². The van der Waals surface area contributed by atoms with Crippen LogP contribution in [0.5, 0.6) is 5.75 Å². The number of benzene rings is 1. The summed E-state index contributed by atoms with van der Waals surface area (Å²) >= 11 is 1.67. The molecule has 1 aliphatic heterocycles. The van der Waals surface area contributed by atoms with E-state index >= 15 is 0 Å². The minimum atomic E-state index is -3.55. The fourth-order valence-corrected chi connectivity index (χ4v) is 4.99. The monoisotopic (exact) mass is 317 g/mol. The first-order valence-corrected chi connectivity index (χ1v) is 9.12. The van der Waals surface area contributed by atoms with Gasteiger partial charge in [0.15, 0.2) is 0 Å². The van der Waals surface area contributed by atoms with Crippen LogP contribution in [0.2, 0.25) is 0 Å². The van der Waals surface area contributed by atoms with E-state index in [1.165, 1.54) is 4.31 Å². The van der Waals surface area contributed by atoms with Gasteiger partial charge in [0.05, 0.1) is 24.2 Å². The summed E-state index contributed by atoms with van der Waals surface area (Å²) in [6.45, 7) is 2.71. The molecule has 0 spiro atoms. The van der Waals surface area contributed by atoms with Gasteiger partial charge >= 0.3 is 0 Å². The van der Waals surface area contributed by atoms with Crippen molar-refractivity contribution in [2.75, 3.05) is 31.3 Å². The summed E-state index contributed by atoms with van der Waals surface area (Å²) in [5.74, 6) is 2.04. The highest BCUT2D eigenvalue weighted by Gasteiger charge is 2.33. The molecule has 0 bridgehead atoms. The van der Waals surface area contributed by atoms with Crippen LogP contribution in [0.1, 0.15) is 6.92 Å². The van der Waals surface area contributed by atoms with E-state index < -0.39 is 10.0 Å². The lowest BCUT2D eigenvalue weighted by Crippen LogP contribution is -2.47. The SMILES string of the molecule is CCOc1ccc(S(=O)(=O)N2CCSC[C@@H]2CO)cc1. The van der Waals surface area contributed by atoms with Crippen LogP contribution in [0.4, 0.5) is 0 Å². The number of aliphatic hydroxyl groups is 1. The van der Waals surface area contributed by atoms with E-state index in [0.717, 1.165) is 5.75 Å². The van der Waals surface area contributed by atoms with Crippen LogP contribution in [0.25, 0.3) is 0 Å². The van der Waals surface area contributed by atoms with Gasteiger partial charge in [-0.05, 0) is 31.2 Å². The largest absolute Gasteiger partial charge is 0.494 e. The van der Waals surface area contributed by atoms with Crippen molar-refractivity contribution in [1.82, 2.24) is 4.31 Å². The molecule has 7 heteroatoms. The quantitative estimate of drug-likeness (QED) is 0.883. The molecular weight excluding hydrogens is 298 g/mol. The molecule has 5 nitrogen and oxygen atoms in total. The summed E-state index contributed by atoms with van der Waals surface area (Å²) in [5, 5.41) is 9.35. The van der Waals surface area contributed by atoms with Gasteiger partial charge in [-0.3, -0.25) is 0 Å². The zero-order chi connectivity index (χ0) is 14.6. The summed E-state index contributed by atoms with van der Waals surface area (Å²) < 4.78 is 31.9. The van der Waals surface area contributed by atoms with E-state index in [1.807, 2.05) is 6.92 Å². The fraction of sp³-hybridized carbons (Fsp3) is 0.538. The van der Waals surface area contributed by atoms with E-state index in [2.05, 4.69) is 0 Å². The molecule has 1 aromatic rings. The van der Waals surface area contributed by atoms with Crippen molar-refractivity contribution in [3.63, 3.8) is 0 Å². The Morgan fingerprint density at radius 1 is 1.40 bits per heavy atom. The van der Waals surface area contributed by atoms with E-state index in [1.54, 1.807) is 36.0 Å². The standard InChI is InChI=1S/C13H19NO4S2/c1-2-18-12-3-5-13(6-4-12)20(16,17)14-7-8-19-10-11(14)9-15/h3-6,11,15H,2,7-10H2,1H3/t11-/m0/s1. The third-order valence-corrected chi connectivity index (χ3v) is 6.18. The highest BCUT2D eigenvalue weighted by Crippen LogP contribution is 2.25. The predicted molar refractivity (Wildman–Crippen MR) is 79.7 cm³/mol. The molecule has 1 aliphatic rings. The first kappa shape index (κ1) is 15.6. The Hall–Kier alpha value is -0.760. The first-order valence-electron chi connectivity index (χ1n) is 6.53. The smallest absolute Gasteiger partial charge is 0.243 e. The molecule has 0 amide bonds. The Morgan fingerprint density at radius 3 is 2.70 bits per heavy atom. The van der Waals surface area contributed by atoms with Gasteiger partial charge in [-0.2, -0.15) is 16.1 Å². The Bertz CT molecular complexity index is 530. The Labute approximate surface area is 124 Å². The van der Waals surface area contributed by atoms with Gasteiger partial charge in [-0.15, -0.1) is 0 Å². The van der Waals surface area contributed by atoms with Crippen molar-refractivity contribution < 1.29 is 18.3 Å². The summed E-state index contributed by atoms with van der Waals surface area (Å²) in [6, 6.07) is 6.07. The molecular formula is C13H19NO4S2. The van der Waals surface area contributed by atoms with Crippen molar-refractivity contribution in [2.24, 2.45) is 0 Å². The molecule has 0 radical (unpaired) electrons. The molecule has 1 atom stereocenters. The molecule has 2 rings (SSSR count). The first-order chi connectivity index (χ1) is 9.59. The molecule has 20 heavy (non-hydrogen) atoms. The number of hydrogen-bond donors (Lipinski definition) is 1. The van der Waals surface area contributed by atoms with Crippen molar-refractivity contribution in [3.8, 4) is 5.75 Å². The van der Waals surface area contributed by atoms with Crippen molar-refractivity contribution >= 4 is 21.8 Å². The van der Waals surface area contributed by atoms with Gasteiger partial charge < -0.3 is 9.84 Å². The van der Waals surface area contributed by atoms with Gasteiger partial charge in [-0.1, -0.05) is 0 Å². The van der Waals surface area contributed by atoms with Gasteiger partial charge in [0.2, 0.25) is 10.0 Å². The lowest BCUT2D eigenvalue weighted by molar-refractivity contribution is 0.202. The van der Waals surface area contributed by atoms with Gasteiger partial charge in [-0.25, -0.2) is 8.42 Å². The van der Waals surface area contributed by atoms with Crippen LogP contribution in [0, 0.1) is 0 Å². The Kier molecular flexibility index (Phi) is 5.31. The number of ether oxygens (including phenoxy) is 1. The zero-order valence-electron chi connectivity index (χ0n) is 11.4. The van der Waals surface area contributed by atoms with Crippen molar-refractivity contribution in [1.29, 1.82) is 0 Å². The van der Waals surface area contributed by atoms with Crippen molar-refractivity contribution in [2.45, 2.75) is 17.9 Å². The molecule has 0 aromatic heterocycles. The lowest BCUT2D eigenvalue weighted by atomic mass is 10.3. The van der Waals surface area contributed by atoms with Crippen LogP contribution in [0.3, 0.4) is 0 Å². The number of hydrogen-bond acceptors (Lipinski definition) is 5. The number of sulfonamides is 1. The van der Waals surface area contributed by atoms with E-state index in [0.29, 0.717) is 24.7 Å². The number of rotatable bonds is 5. The second-order valence-electron chi connectivity index (χ2n) is 4.43. The number of thioether (sulfide) groups is 1. The van der Waals surface area contributed by atoms with Crippen LogP contribution < -0.4 is 4.74 Å². The average molecular weight is 317 g/mol. The second-order valence-corrected chi connectivity index (χ2v) is 7.47. The molecule has 1 aromatic carbocycles. The molecule has 0 unspecified atom stereocenters. The normalized spacial score (nSPS) is 20.8. The summed E-state index contributed by atoms with van der Waals surface area (Å²) in [6.07, 6.45) is 0. The molecule has 1 N–H and O–H groups in total. The highest BCUT2D eigenvalue weighted by atomic mass is 32.2. The van der Waals surface area contributed by atoms with Crippen LogP contribution >= 0.6 is 11.8 Å². The minimum absolute atomic E-state index is 0.150. The van der Waals surface area contributed by atoms with Gasteiger partial charge in [0.1, 0.15) is 5.75 Å². The van der Waals surface area contributed by atoms with E-state index in [4.69, 9.17) is 4.74 Å². The summed E-state index contributed by atoms with van der Waals surface area (Å²) in [4.78, 5) is 0.242. The number of nitrogens with zero attached hydrogens (tertiary/aromatic N) is 1. The minimum Gasteiger partial charge on any atom is -0.494 e. The van der Waals surface area contributed by atoms with E-state index in [-0.39, 0.29) is 17.5 Å². The molecule has 0 saturated carbocycles. The molecule has 112 valence electrons. The maximum atomic E-state index is 12.6. The predicted octanol–water partition coefficient (Wildman–Crippen LogP) is 1.18. The lowest BCUT2D eigenvalue weighted by Gasteiger charge is -2.33. The Morgan fingerprint density at radius 2 is 2.10 bits per heavy atom. The fourth-order valence-electron chi connectivity index (χ4n) is 2.11. The summed E-state index contributed by atoms with van der Waals surface area (Å²) in [5.41, 5.74) is 0. The second kappa shape index (κ2) is 6.80. The number of aliphatic hydroxyl groups excluding tert-OH is 1. The third kappa shape index (κ3) is 3.28. The van der Waals surface area contributed by atoms with Crippen LogP contribution in [-0.2, 0) is 10.0 Å². The van der Waals surface area contributed by atoms with Gasteiger partial charge in [0, 0.05) is 18.1 Å². The third-order valence-electron chi connectivity index (χ3n) is 3.13. The topological polar surface area (TPSA) is 66.8 Å². The average Bonchev–Trinajstić information content (AvgIpc) is 2.48. The Balaban J connectivity index is 2.24. The molecule has 0 aliphatic carbocycles. The maximum absolute atomic E-state index is 12.6. The van der Waals surface area contributed by atoms with E-state index in [9.17, 15) is 13.5 Å². The molecule has 1 heterocycles. The highest BCUT2D eigenvalue weighted by molar-refractivity contribution is 7.99. The van der Waals surface area contributed by atoms with Crippen LogP contribution in [0.15, 0.2) is 29.2 Å². The molecule has 1 saturated heterocycles. The molecule has 1 fully saturated rings. The maximum Gasteiger partial charge on any atom is 0.243 e. The zero-order valence-corrected chi connectivity index (χ0v) is 13.0. The van der Waals surface area contributed by atoms with Crippen LogP contribution in [-0.4, -0.2) is 55.1 Å². The van der Waals surface area contributed by atoms with Crippen molar-refractivity contribution in [3.05, 3.63) is 24.3 Å². The summed E-state index contributed by atoms with van der Waals surface area (Å²) in [7, 11) is -3.55.